The summed E-state index contributed by atoms with van der Waals surface area (Å²) in [7, 11) is 1.59. The van der Waals surface area contributed by atoms with Gasteiger partial charge in [0.05, 0.1) is 7.11 Å². The van der Waals surface area contributed by atoms with E-state index >= 15 is 0 Å². The molecule has 0 radical (unpaired) electrons. The van der Waals surface area contributed by atoms with Crippen LogP contribution in [-0.4, -0.2) is 43.0 Å². The fraction of sp³-hybridized carbons (Fsp3) is 0.600. The third-order valence-corrected chi connectivity index (χ3v) is 4.74. The molecule has 2 rings (SSSR count). The molecule has 25 heavy (non-hydrogen) atoms. The Hall–Kier alpha value is -2.04. The van der Waals surface area contributed by atoms with E-state index in [2.05, 4.69) is 5.32 Å². The average Bonchev–Trinajstić information content (AvgIpc) is 2.58. The molecule has 1 fully saturated rings. The van der Waals surface area contributed by atoms with E-state index in [0.29, 0.717) is 11.3 Å². The Kier molecular flexibility index (Phi) is 7.29. The molecule has 1 heterocycles. The molecule has 1 aliphatic heterocycles. The van der Waals surface area contributed by atoms with E-state index in [0.717, 1.165) is 25.9 Å². The van der Waals surface area contributed by atoms with Gasteiger partial charge in [-0.25, -0.2) is 0 Å². The zero-order valence-electron chi connectivity index (χ0n) is 15.6. The van der Waals surface area contributed by atoms with Crippen LogP contribution in [-0.2, 0) is 4.79 Å². The van der Waals surface area contributed by atoms with Crippen molar-refractivity contribution in [3.63, 3.8) is 0 Å². The third kappa shape index (κ3) is 5.48. The summed E-state index contributed by atoms with van der Waals surface area (Å²) in [4.78, 5) is 27.4. The van der Waals surface area contributed by atoms with Gasteiger partial charge in [-0.2, -0.15) is 0 Å². The van der Waals surface area contributed by atoms with Gasteiger partial charge in [0.15, 0.2) is 0 Å². The Morgan fingerprint density at radius 3 is 2.08 bits per heavy atom. The van der Waals surface area contributed by atoms with Crippen molar-refractivity contribution in [3.05, 3.63) is 29.8 Å². The maximum absolute atomic E-state index is 13.0. The smallest absolute Gasteiger partial charge is 0.251 e. The molecule has 1 N–H and O–H groups in total. The molecule has 0 bridgehead atoms. The fourth-order valence-electron chi connectivity index (χ4n) is 3.15. The van der Waals surface area contributed by atoms with Gasteiger partial charge >= 0.3 is 0 Å². The van der Waals surface area contributed by atoms with Gasteiger partial charge in [-0.05, 0) is 43.0 Å². The highest BCUT2D eigenvalue weighted by Crippen LogP contribution is 2.15. The fourth-order valence-corrected chi connectivity index (χ4v) is 3.15. The van der Waals surface area contributed by atoms with E-state index in [1.807, 2.05) is 18.7 Å². The molecule has 1 saturated heterocycles. The Bertz CT molecular complexity index is 561. The minimum absolute atomic E-state index is 0.0405. The van der Waals surface area contributed by atoms with Crippen LogP contribution in [0, 0.1) is 5.92 Å². The Labute approximate surface area is 150 Å². The van der Waals surface area contributed by atoms with Gasteiger partial charge in [0.1, 0.15) is 11.8 Å². The van der Waals surface area contributed by atoms with Gasteiger partial charge < -0.3 is 15.0 Å². The van der Waals surface area contributed by atoms with Crippen molar-refractivity contribution in [1.82, 2.24) is 10.2 Å². The lowest BCUT2D eigenvalue weighted by molar-refractivity contribution is -0.134. The highest BCUT2D eigenvalue weighted by molar-refractivity contribution is 5.97. The van der Waals surface area contributed by atoms with E-state index in [4.69, 9.17) is 4.74 Å². The van der Waals surface area contributed by atoms with Crippen molar-refractivity contribution in [3.8, 4) is 5.75 Å². The van der Waals surface area contributed by atoms with Crippen molar-refractivity contribution in [2.75, 3.05) is 20.2 Å². The number of hydrogen-bond donors (Lipinski definition) is 1. The standard InChI is InChI=1S/C20H30N2O3/c1-15(2)18(20(24)22-13-7-5-4-6-8-14-22)21-19(23)16-9-11-17(25-3)12-10-16/h9-12,15,18H,4-8,13-14H2,1-3H3,(H,21,23). The van der Waals surface area contributed by atoms with E-state index in [9.17, 15) is 9.59 Å². The summed E-state index contributed by atoms with van der Waals surface area (Å²) in [5, 5.41) is 2.93. The van der Waals surface area contributed by atoms with Crippen LogP contribution in [0.3, 0.4) is 0 Å². The van der Waals surface area contributed by atoms with Gasteiger partial charge in [-0.1, -0.05) is 33.1 Å². The van der Waals surface area contributed by atoms with Crippen molar-refractivity contribution in [2.24, 2.45) is 5.92 Å². The normalized spacial score (nSPS) is 16.7. The molecular formula is C20H30N2O3. The lowest BCUT2D eigenvalue weighted by Gasteiger charge is -2.31. The second-order valence-electron chi connectivity index (χ2n) is 7.02. The predicted molar refractivity (Wildman–Crippen MR) is 98.8 cm³/mol. The molecule has 1 aromatic rings. The number of nitrogens with zero attached hydrogens (tertiary/aromatic N) is 1. The maximum Gasteiger partial charge on any atom is 0.251 e. The molecule has 5 nitrogen and oxygen atoms in total. The number of amides is 2. The van der Waals surface area contributed by atoms with Crippen LogP contribution < -0.4 is 10.1 Å². The third-order valence-electron chi connectivity index (χ3n) is 4.74. The summed E-state index contributed by atoms with van der Waals surface area (Å²) >= 11 is 0. The molecule has 138 valence electrons. The largest absolute Gasteiger partial charge is 0.497 e. The Morgan fingerprint density at radius 2 is 1.56 bits per heavy atom. The Morgan fingerprint density at radius 1 is 1.00 bits per heavy atom. The van der Waals surface area contributed by atoms with Crippen molar-refractivity contribution < 1.29 is 14.3 Å². The first kappa shape index (κ1) is 19.3. The second kappa shape index (κ2) is 9.44. The van der Waals surface area contributed by atoms with E-state index in [1.165, 1.54) is 19.3 Å². The number of ether oxygens (including phenoxy) is 1. The summed E-state index contributed by atoms with van der Waals surface area (Å²) < 4.78 is 5.12. The second-order valence-corrected chi connectivity index (χ2v) is 7.02. The van der Waals surface area contributed by atoms with Crippen LogP contribution in [0.25, 0.3) is 0 Å². The lowest BCUT2D eigenvalue weighted by Crippen LogP contribution is -2.51. The molecular weight excluding hydrogens is 316 g/mol. The van der Waals surface area contributed by atoms with Gasteiger partial charge in [-0.3, -0.25) is 9.59 Å². The molecule has 1 aromatic carbocycles. The molecule has 0 aromatic heterocycles. The minimum atomic E-state index is -0.492. The highest BCUT2D eigenvalue weighted by atomic mass is 16.5. The molecule has 1 aliphatic rings. The molecule has 1 unspecified atom stereocenters. The summed E-state index contributed by atoms with van der Waals surface area (Å²) in [6.45, 7) is 5.53. The van der Waals surface area contributed by atoms with E-state index in [1.54, 1.807) is 31.4 Å². The lowest BCUT2D eigenvalue weighted by atomic mass is 10.0. The molecule has 2 amide bonds. The van der Waals surface area contributed by atoms with Crippen LogP contribution >= 0.6 is 0 Å². The van der Waals surface area contributed by atoms with Gasteiger partial charge in [-0.15, -0.1) is 0 Å². The summed E-state index contributed by atoms with van der Waals surface area (Å²) in [6.07, 6.45) is 5.69. The number of hydrogen-bond acceptors (Lipinski definition) is 3. The highest BCUT2D eigenvalue weighted by Gasteiger charge is 2.29. The van der Waals surface area contributed by atoms with E-state index < -0.39 is 6.04 Å². The quantitative estimate of drug-likeness (QED) is 0.890. The number of carbonyl (C=O) groups excluding carboxylic acids is 2. The van der Waals surface area contributed by atoms with Crippen LogP contribution in [0.15, 0.2) is 24.3 Å². The number of methoxy groups -OCH3 is 1. The average molecular weight is 346 g/mol. The van der Waals surface area contributed by atoms with E-state index in [-0.39, 0.29) is 17.7 Å². The number of nitrogens with one attached hydrogen (secondary N) is 1. The summed E-state index contributed by atoms with van der Waals surface area (Å²) in [5.74, 6) is 0.564. The van der Waals surface area contributed by atoms with Gasteiger partial charge in [0.25, 0.3) is 5.91 Å². The van der Waals surface area contributed by atoms with Gasteiger partial charge in [0, 0.05) is 18.7 Å². The predicted octanol–water partition coefficient (Wildman–Crippen LogP) is 3.24. The zero-order valence-corrected chi connectivity index (χ0v) is 15.6. The van der Waals surface area contributed by atoms with Crippen LogP contribution in [0.5, 0.6) is 5.75 Å². The SMILES string of the molecule is COc1ccc(C(=O)NC(C(=O)N2CCCCCCC2)C(C)C)cc1. The Balaban J connectivity index is 2.05. The van der Waals surface area contributed by atoms with Crippen molar-refractivity contribution in [1.29, 1.82) is 0 Å². The first-order valence-electron chi connectivity index (χ1n) is 9.26. The first-order valence-corrected chi connectivity index (χ1v) is 9.26. The number of likely N-dealkylation sites (tertiary alicyclic amines) is 1. The first-order chi connectivity index (χ1) is 12.0. The number of benzene rings is 1. The van der Waals surface area contributed by atoms with Crippen molar-refractivity contribution in [2.45, 2.75) is 52.0 Å². The number of rotatable bonds is 5. The van der Waals surface area contributed by atoms with Crippen LogP contribution in [0.2, 0.25) is 0 Å². The topological polar surface area (TPSA) is 58.6 Å². The molecule has 5 heteroatoms. The van der Waals surface area contributed by atoms with Crippen LogP contribution in [0.1, 0.15) is 56.3 Å². The summed E-state index contributed by atoms with van der Waals surface area (Å²) in [6, 6.07) is 6.44. The summed E-state index contributed by atoms with van der Waals surface area (Å²) in [5.41, 5.74) is 0.534. The molecule has 0 spiro atoms. The van der Waals surface area contributed by atoms with Crippen molar-refractivity contribution >= 4 is 11.8 Å². The maximum atomic E-state index is 13.0. The molecule has 0 saturated carbocycles. The minimum Gasteiger partial charge on any atom is -0.497 e. The van der Waals surface area contributed by atoms with Gasteiger partial charge in [0.2, 0.25) is 5.91 Å². The monoisotopic (exact) mass is 346 g/mol. The number of carbonyl (C=O) groups is 2. The van der Waals surface area contributed by atoms with Crippen LogP contribution in [0.4, 0.5) is 0 Å². The molecule has 1 atom stereocenters. The molecule has 0 aliphatic carbocycles. The zero-order chi connectivity index (χ0) is 18.2.